The zero-order valence-corrected chi connectivity index (χ0v) is 18.0. The molecule has 3 aromatic carbocycles. The fourth-order valence-electron chi connectivity index (χ4n) is 4.65. The lowest BCUT2D eigenvalue weighted by Gasteiger charge is -2.29. The lowest BCUT2D eigenvalue weighted by atomic mass is 10.1. The maximum absolute atomic E-state index is 13.8. The lowest BCUT2D eigenvalue weighted by Crippen LogP contribution is -2.40. The Morgan fingerprint density at radius 2 is 1.65 bits per heavy atom. The highest BCUT2D eigenvalue weighted by Gasteiger charge is 2.31. The summed E-state index contributed by atoms with van der Waals surface area (Å²) in [5.41, 5.74) is 6.74. The first-order chi connectivity index (χ1) is 15.1. The molecule has 156 valence electrons. The Morgan fingerprint density at radius 1 is 0.935 bits per heavy atom. The summed E-state index contributed by atoms with van der Waals surface area (Å²) in [6, 6.07) is 24.9. The van der Waals surface area contributed by atoms with Gasteiger partial charge < -0.3 is 14.8 Å². The zero-order valence-electron chi connectivity index (χ0n) is 18.0. The predicted molar refractivity (Wildman–Crippen MR) is 127 cm³/mol. The molecule has 1 aromatic heterocycles. The Morgan fingerprint density at radius 3 is 2.39 bits per heavy atom. The van der Waals surface area contributed by atoms with Gasteiger partial charge in [-0.1, -0.05) is 48.5 Å². The number of hydrogen-bond acceptors (Lipinski definition) is 2. The molecule has 1 heterocycles. The van der Waals surface area contributed by atoms with Crippen LogP contribution in [0.15, 0.2) is 79.0 Å². The van der Waals surface area contributed by atoms with Crippen LogP contribution in [-0.2, 0) is 19.4 Å². The molecule has 0 saturated carbocycles. The van der Waals surface area contributed by atoms with Crippen molar-refractivity contribution in [1.29, 1.82) is 0 Å². The van der Waals surface area contributed by atoms with Crippen LogP contribution in [0.4, 0.5) is 5.69 Å². The maximum Gasteiger partial charge on any atom is 0.254 e. The van der Waals surface area contributed by atoms with Crippen molar-refractivity contribution in [2.24, 2.45) is 0 Å². The number of benzene rings is 3. The first kappa shape index (κ1) is 19.4. The highest BCUT2D eigenvalue weighted by molar-refractivity contribution is 5.96. The Balaban J connectivity index is 1.51. The zero-order chi connectivity index (χ0) is 21.4. The lowest BCUT2D eigenvalue weighted by molar-refractivity contribution is 0.0669. The van der Waals surface area contributed by atoms with Crippen LogP contribution >= 0.6 is 0 Å². The summed E-state index contributed by atoms with van der Waals surface area (Å²) in [5.74, 6) is 0.0896. The molecule has 0 fully saturated rings. The van der Waals surface area contributed by atoms with Gasteiger partial charge in [-0.25, -0.2) is 0 Å². The van der Waals surface area contributed by atoms with Crippen molar-refractivity contribution in [1.82, 2.24) is 9.88 Å². The summed E-state index contributed by atoms with van der Waals surface area (Å²) >= 11 is 0. The summed E-state index contributed by atoms with van der Waals surface area (Å²) in [7, 11) is 4.00. The highest BCUT2D eigenvalue weighted by Crippen LogP contribution is 2.29. The van der Waals surface area contributed by atoms with E-state index in [1.807, 2.05) is 55.5 Å². The van der Waals surface area contributed by atoms with Gasteiger partial charge in [-0.05, 0) is 53.8 Å². The number of H-pyrrole nitrogens is 1. The molecular formula is C27H27N3O. The standard InChI is InChI=1S/C27H27N3O/c1-29(2)23-11-7-10-21(16-23)27(31)30(24-14-19-8-3-4-9-20(19)15-24)18-22-17-28-26-13-6-5-12-25(22)26/h3-13,16-17,24,28H,14-15,18H2,1-2H3. The van der Waals surface area contributed by atoms with Crippen LogP contribution < -0.4 is 4.90 Å². The average Bonchev–Trinajstić information content (AvgIpc) is 3.41. The van der Waals surface area contributed by atoms with E-state index in [0.717, 1.165) is 35.2 Å². The smallest absolute Gasteiger partial charge is 0.254 e. The van der Waals surface area contributed by atoms with Crippen LogP contribution in [0.1, 0.15) is 27.0 Å². The van der Waals surface area contributed by atoms with Gasteiger partial charge in [0.1, 0.15) is 0 Å². The number of aromatic amines is 1. The third kappa shape index (κ3) is 3.70. The Hall–Kier alpha value is -3.53. The van der Waals surface area contributed by atoms with Crippen molar-refractivity contribution in [3.05, 3.63) is 101 Å². The number of aromatic nitrogens is 1. The van der Waals surface area contributed by atoms with Crippen LogP contribution in [-0.4, -0.2) is 35.9 Å². The molecular weight excluding hydrogens is 382 g/mol. The molecule has 4 heteroatoms. The molecule has 1 aliphatic carbocycles. The molecule has 0 saturated heterocycles. The molecule has 1 N–H and O–H groups in total. The normalized spacial score (nSPS) is 13.4. The van der Waals surface area contributed by atoms with Gasteiger partial charge in [-0.15, -0.1) is 0 Å². The quantitative estimate of drug-likeness (QED) is 0.501. The van der Waals surface area contributed by atoms with Crippen molar-refractivity contribution in [2.75, 3.05) is 19.0 Å². The second-order valence-electron chi connectivity index (χ2n) is 8.57. The number of nitrogens with one attached hydrogen (secondary N) is 1. The van der Waals surface area contributed by atoms with Gasteiger partial charge in [0.15, 0.2) is 0 Å². The van der Waals surface area contributed by atoms with E-state index in [4.69, 9.17) is 0 Å². The minimum atomic E-state index is 0.0896. The Bertz CT molecular complexity index is 1210. The molecule has 31 heavy (non-hydrogen) atoms. The summed E-state index contributed by atoms with van der Waals surface area (Å²) < 4.78 is 0. The first-order valence-corrected chi connectivity index (χ1v) is 10.8. The van der Waals surface area contributed by atoms with E-state index >= 15 is 0 Å². The molecule has 0 radical (unpaired) electrons. The first-order valence-electron chi connectivity index (χ1n) is 10.8. The van der Waals surface area contributed by atoms with Gasteiger partial charge in [-0.3, -0.25) is 4.79 Å². The van der Waals surface area contributed by atoms with E-state index in [0.29, 0.717) is 6.54 Å². The number of fused-ring (bicyclic) bond motifs is 2. The summed E-state index contributed by atoms with van der Waals surface area (Å²) in [5, 5.41) is 1.18. The van der Waals surface area contributed by atoms with E-state index in [1.165, 1.54) is 16.5 Å². The molecule has 5 rings (SSSR count). The number of hydrogen-bond donors (Lipinski definition) is 1. The molecule has 0 bridgehead atoms. The van der Waals surface area contributed by atoms with Gasteiger partial charge in [0.25, 0.3) is 5.91 Å². The Kier molecular flexibility index (Phi) is 4.99. The minimum absolute atomic E-state index is 0.0896. The van der Waals surface area contributed by atoms with Crippen LogP contribution in [0, 0.1) is 0 Å². The van der Waals surface area contributed by atoms with E-state index < -0.39 is 0 Å². The maximum atomic E-state index is 13.8. The number of para-hydroxylation sites is 1. The number of rotatable bonds is 5. The van der Waals surface area contributed by atoms with Crippen LogP contribution in [0.5, 0.6) is 0 Å². The third-order valence-corrected chi connectivity index (χ3v) is 6.36. The highest BCUT2D eigenvalue weighted by atomic mass is 16.2. The van der Waals surface area contributed by atoms with E-state index in [1.54, 1.807) is 0 Å². The second kappa shape index (κ2) is 7.95. The number of carbonyl (C=O) groups is 1. The number of amides is 1. The molecule has 1 aliphatic rings. The SMILES string of the molecule is CN(C)c1cccc(C(=O)N(Cc2c[nH]c3ccccc23)C2Cc3ccccc3C2)c1. The van der Waals surface area contributed by atoms with Gasteiger partial charge in [0.05, 0.1) is 0 Å². The van der Waals surface area contributed by atoms with E-state index in [2.05, 4.69) is 52.3 Å². The van der Waals surface area contributed by atoms with Crippen molar-refractivity contribution in [2.45, 2.75) is 25.4 Å². The van der Waals surface area contributed by atoms with Gasteiger partial charge in [-0.2, -0.15) is 0 Å². The topological polar surface area (TPSA) is 39.3 Å². The average molecular weight is 410 g/mol. The minimum Gasteiger partial charge on any atom is -0.378 e. The molecule has 0 atom stereocenters. The number of nitrogens with zero attached hydrogens (tertiary/aromatic N) is 2. The molecule has 1 amide bonds. The van der Waals surface area contributed by atoms with Crippen molar-refractivity contribution < 1.29 is 4.79 Å². The monoisotopic (exact) mass is 409 g/mol. The van der Waals surface area contributed by atoms with Crippen molar-refractivity contribution >= 4 is 22.5 Å². The Labute approximate surface area is 183 Å². The van der Waals surface area contributed by atoms with Gasteiger partial charge in [0, 0.05) is 55.0 Å². The fraction of sp³-hybridized carbons (Fsp3) is 0.222. The predicted octanol–water partition coefficient (Wildman–Crippen LogP) is 5.04. The summed E-state index contributed by atoms with van der Waals surface area (Å²) in [4.78, 5) is 21.3. The fourth-order valence-corrected chi connectivity index (χ4v) is 4.65. The van der Waals surface area contributed by atoms with E-state index in [9.17, 15) is 4.79 Å². The molecule has 0 unspecified atom stereocenters. The second-order valence-corrected chi connectivity index (χ2v) is 8.57. The van der Waals surface area contributed by atoms with E-state index in [-0.39, 0.29) is 11.9 Å². The largest absolute Gasteiger partial charge is 0.378 e. The van der Waals surface area contributed by atoms with Crippen LogP contribution in [0.2, 0.25) is 0 Å². The summed E-state index contributed by atoms with van der Waals surface area (Å²) in [6.07, 6.45) is 3.85. The summed E-state index contributed by atoms with van der Waals surface area (Å²) in [6.45, 7) is 0.591. The third-order valence-electron chi connectivity index (χ3n) is 6.36. The van der Waals surface area contributed by atoms with Crippen molar-refractivity contribution in [3.8, 4) is 0 Å². The van der Waals surface area contributed by atoms with Gasteiger partial charge >= 0.3 is 0 Å². The number of carbonyl (C=O) groups excluding carboxylic acids is 1. The molecule has 0 spiro atoms. The molecule has 0 aliphatic heterocycles. The molecule has 4 aromatic rings. The van der Waals surface area contributed by atoms with Gasteiger partial charge in [0.2, 0.25) is 0 Å². The van der Waals surface area contributed by atoms with Crippen molar-refractivity contribution in [3.63, 3.8) is 0 Å². The van der Waals surface area contributed by atoms with Crippen LogP contribution in [0.25, 0.3) is 10.9 Å². The number of anilines is 1. The van der Waals surface area contributed by atoms with Crippen LogP contribution in [0.3, 0.4) is 0 Å². The molecule has 4 nitrogen and oxygen atoms in total.